The molecule has 0 saturated carbocycles. The summed E-state index contributed by atoms with van der Waals surface area (Å²) in [6.45, 7) is 9.30. The minimum Gasteiger partial charge on any atom is -0.348 e. The molecule has 1 aliphatic rings. The quantitative estimate of drug-likeness (QED) is 0.835. The Bertz CT molecular complexity index is 376. The number of nitrogens with zero attached hydrogens (tertiary/aromatic N) is 2. The minimum absolute atomic E-state index is 0.134. The molecule has 102 valence electrons. The van der Waals surface area contributed by atoms with Crippen molar-refractivity contribution in [1.29, 1.82) is 0 Å². The number of ether oxygens (including phenoxy) is 2. The summed E-state index contributed by atoms with van der Waals surface area (Å²) in [5, 5.41) is 3.38. The molecule has 0 amide bonds. The van der Waals surface area contributed by atoms with Gasteiger partial charge in [0, 0.05) is 25.5 Å². The summed E-state index contributed by atoms with van der Waals surface area (Å²) in [4.78, 5) is 4.36. The summed E-state index contributed by atoms with van der Waals surface area (Å²) in [5.41, 5.74) is 0. The van der Waals surface area contributed by atoms with Gasteiger partial charge in [0.2, 0.25) is 0 Å². The van der Waals surface area contributed by atoms with Crippen LogP contribution in [0.1, 0.15) is 33.0 Å². The number of aromatic nitrogens is 2. The van der Waals surface area contributed by atoms with E-state index in [1.54, 1.807) is 0 Å². The van der Waals surface area contributed by atoms with Crippen molar-refractivity contribution in [3.63, 3.8) is 0 Å². The smallest absolute Gasteiger partial charge is 0.163 e. The molecule has 1 saturated heterocycles. The lowest BCUT2D eigenvalue weighted by Gasteiger charge is -2.17. The molecule has 1 aromatic heterocycles. The van der Waals surface area contributed by atoms with Crippen molar-refractivity contribution in [3.05, 3.63) is 18.2 Å². The van der Waals surface area contributed by atoms with Crippen LogP contribution >= 0.6 is 0 Å². The molecule has 1 unspecified atom stereocenters. The third-order valence-corrected chi connectivity index (χ3v) is 2.99. The van der Waals surface area contributed by atoms with E-state index < -0.39 is 5.79 Å². The van der Waals surface area contributed by atoms with Crippen molar-refractivity contribution in [2.75, 3.05) is 13.2 Å². The van der Waals surface area contributed by atoms with Gasteiger partial charge in [-0.25, -0.2) is 4.98 Å². The molecular weight excluding hydrogens is 230 g/mol. The predicted octanol–water partition coefficient (Wildman–Crippen LogP) is 1.53. The zero-order chi connectivity index (χ0) is 13.0. The summed E-state index contributed by atoms with van der Waals surface area (Å²) >= 11 is 0. The van der Waals surface area contributed by atoms with Crippen LogP contribution in [0.2, 0.25) is 0 Å². The zero-order valence-electron chi connectivity index (χ0n) is 11.5. The van der Waals surface area contributed by atoms with E-state index in [2.05, 4.69) is 21.8 Å². The van der Waals surface area contributed by atoms with Gasteiger partial charge in [-0.1, -0.05) is 6.92 Å². The van der Waals surface area contributed by atoms with Crippen LogP contribution in [0.5, 0.6) is 0 Å². The molecule has 0 aromatic carbocycles. The fourth-order valence-electron chi connectivity index (χ4n) is 2.16. The van der Waals surface area contributed by atoms with Gasteiger partial charge in [-0.2, -0.15) is 0 Å². The van der Waals surface area contributed by atoms with E-state index >= 15 is 0 Å². The third kappa shape index (κ3) is 3.54. The van der Waals surface area contributed by atoms with Crippen LogP contribution in [-0.4, -0.2) is 34.6 Å². The summed E-state index contributed by atoms with van der Waals surface area (Å²) < 4.78 is 13.4. The number of hydrogen-bond acceptors (Lipinski definition) is 4. The molecular formula is C13H23N3O2. The normalized spacial score (nSPS) is 22.5. The van der Waals surface area contributed by atoms with E-state index in [9.17, 15) is 0 Å². The lowest BCUT2D eigenvalue weighted by molar-refractivity contribution is -0.137. The van der Waals surface area contributed by atoms with Gasteiger partial charge in [0.05, 0.1) is 19.3 Å². The van der Waals surface area contributed by atoms with Crippen molar-refractivity contribution in [2.24, 2.45) is 0 Å². The average molecular weight is 253 g/mol. The maximum absolute atomic E-state index is 5.73. The van der Waals surface area contributed by atoms with E-state index in [0.717, 1.165) is 31.9 Å². The Morgan fingerprint density at radius 2 is 2.39 bits per heavy atom. The first-order chi connectivity index (χ1) is 8.61. The topological polar surface area (TPSA) is 48.3 Å². The van der Waals surface area contributed by atoms with Gasteiger partial charge in [-0.05, 0) is 20.3 Å². The highest BCUT2D eigenvalue weighted by Gasteiger charge is 2.32. The summed E-state index contributed by atoms with van der Waals surface area (Å²) in [6.07, 6.45) is 5.13. The molecule has 1 N–H and O–H groups in total. The lowest BCUT2D eigenvalue weighted by atomic mass is 10.3. The average Bonchev–Trinajstić information content (AvgIpc) is 2.87. The Hall–Kier alpha value is -0.910. The molecule has 0 spiro atoms. The highest BCUT2D eigenvalue weighted by molar-refractivity contribution is 4.92. The van der Waals surface area contributed by atoms with E-state index in [1.165, 1.54) is 0 Å². The summed E-state index contributed by atoms with van der Waals surface area (Å²) in [7, 11) is 0. The van der Waals surface area contributed by atoms with Gasteiger partial charge in [0.1, 0.15) is 5.82 Å². The van der Waals surface area contributed by atoms with E-state index in [1.807, 2.05) is 26.2 Å². The predicted molar refractivity (Wildman–Crippen MR) is 69.1 cm³/mol. The van der Waals surface area contributed by atoms with Crippen molar-refractivity contribution in [3.8, 4) is 0 Å². The van der Waals surface area contributed by atoms with Gasteiger partial charge >= 0.3 is 0 Å². The number of hydrogen-bond donors (Lipinski definition) is 1. The minimum atomic E-state index is -0.437. The maximum atomic E-state index is 5.73. The van der Waals surface area contributed by atoms with Crippen LogP contribution in [0.25, 0.3) is 0 Å². The first kappa shape index (κ1) is 13.5. The number of imidazole rings is 1. The van der Waals surface area contributed by atoms with Gasteiger partial charge in [0.25, 0.3) is 0 Å². The molecule has 0 aliphatic carbocycles. The molecule has 1 aromatic rings. The largest absolute Gasteiger partial charge is 0.348 e. The zero-order valence-corrected chi connectivity index (χ0v) is 11.5. The first-order valence-corrected chi connectivity index (χ1v) is 6.63. The molecule has 1 aliphatic heterocycles. The second-order valence-corrected chi connectivity index (χ2v) is 5.12. The van der Waals surface area contributed by atoms with Crippen LogP contribution in [0.15, 0.2) is 12.4 Å². The van der Waals surface area contributed by atoms with Crippen LogP contribution in [-0.2, 0) is 22.6 Å². The second kappa shape index (κ2) is 5.82. The SMILES string of the molecule is CCCn1ccnc1CNCC1COC(C)(C)O1. The van der Waals surface area contributed by atoms with Gasteiger partial charge in [0.15, 0.2) is 5.79 Å². The molecule has 5 nitrogen and oxygen atoms in total. The number of rotatable bonds is 6. The lowest BCUT2D eigenvalue weighted by Crippen LogP contribution is -2.30. The van der Waals surface area contributed by atoms with Crippen LogP contribution < -0.4 is 5.32 Å². The Labute approximate surface area is 108 Å². The fourth-order valence-corrected chi connectivity index (χ4v) is 2.16. The van der Waals surface area contributed by atoms with Crippen LogP contribution in [0.4, 0.5) is 0 Å². The molecule has 5 heteroatoms. The molecule has 1 fully saturated rings. The Morgan fingerprint density at radius 3 is 3.06 bits per heavy atom. The summed E-state index contributed by atoms with van der Waals surface area (Å²) in [6, 6.07) is 0. The van der Waals surface area contributed by atoms with Crippen molar-refractivity contribution in [2.45, 2.75) is 52.2 Å². The number of aryl methyl sites for hydroxylation is 1. The number of nitrogens with one attached hydrogen (secondary N) is 1. The van der Waals surface area contributed by atoms with Gasteiger partial charge in [-0.15, -0.1) is 0 Å². The Kier molecular flexibility index (Phi) is 4.37. The van der Waals surface area contributed by atoms with Crippen LogP contribution in [0, 0.1) is 0 Å². The van der Waals surface area contributed by atoms with E-state index in [0.29, 0.717) is 6.61 Å². The third-order valence-electron chi connectivity index (χ3n) is 2.99. The van der Waals surface area contributed by atoms with Gasteiger partial charge < -0.3 is 19.4 Å². The maximum Gasteiger partial charge on any atom is 0.163 e. The molecule has 2 rings (SSSR count). The van der Waals surface area contributed by atoms with Crippen molar-refractivity contribution in [1.82, 2.24) is 14.9 Å². The van der Waals surface area contributed by atoms with Gasteiger partial charge in [-0.3, -0.25) is 0 Å². The van der Waals surface area contributed by atoms with E-state index in [4.69, 9.17) is 9.47 Å². The molecule has 0 bridgehead atoms. The Balaban J connectivity index is 1.74. The van der Waals surface area contributed by atoms with Crippen molar-refractivity contribution < 1.29 is 9.47 Å². The monoisotopic (exact) mass is 253 g/mol. The highest BCUT2D eigenvalue weighted by Crippen LogP contribution is 2.21. The molecule has 0 radical (unpaired) electrons. The highest BCUT2D eigenvalue weighted by atomic mass is 16.7. The standard InChI is InChI=1S/C13H23N3O2/c1-4-6-16-7-5-15-12(16)9-14-8-11-10-17-13(2,3)18-11/h5,7,11,14H,4,6,8-10H2,1-3H3. The van der Waals surface area contributed by atoms with E-state index in [-0.39, 0.29) is 6.10 Å². The van der Waals surface area contributed by atoms with Crippen LogP contribution in [0.3, 0.4) is 0 Å². The Morgan fingerprint density at radius 1 is 1.56 bits per heavy atom. The fraction of sp³-hybridized carbons (Fsp3) is 0.769. The first-order valence-electron chi connectivity index (χ1n) is 6.63. The molecule has 2 heterocycles. The molecule has 18 heavy (non-hydrogen) atoms. The molecule has 1 atom stereocenters. The van der Waals surface area contributed by atoms with Crippen molar-refractivity contribution >= 4 is 0 Å². The summed E-state index contributed by atoms with van der Waals surface area (Å²) in [5.74, 6) is 0.641. The second-order valence-electron chi connectivity index (χ2n) is 5.12.